The van der Waals surface area contributed by atoms with Crippen LogP contribution in [0.1, 0.15) is 80.6 Å². The van der Waals surface area contributed by atoms with Crippen LogP contribution in [-0.2, 0) is 23.7 Å². The molecule has 0 saturated carbocycles. The van der Waals surface area contributed by atoms with Gasteiger partial charge in [0.05, 0.1) is 10.8 Å². The topological polar surface area (TPSA) is 6.48 Å². The Morgan fingerprint density at radius 2 is 0.592 bits per heavy atom. The van der Waals surface area contributed by atoms with Crippen LogP contribution in [-0.4, -0.2) is 13.1 Å². The normalized spacial score (nSPS) is 14.7. The Labute approximate surface area is 444 Å². The zero-order valence-corrected chi connectivity index (χ0v) is 42.7. The van der Waals surface area contributed by atoms with Gasteiger partial charge in [0.2, 0.25) is 0 Å². The van der Waals surface area contributed by atoms with Gasteiger partial charge in [0.15, 0.2) is 0 Å². The third kappa shape index (κ3) is 5.17. The highest BCUT2D eigenvalue weighted by molar-refractivity contribution is 6.03. The summed E-state index contributed by atoms with van der Waals surface area (Å²) in [6.07, 6.45) is 1.94. The van der Waals surface area contributed by atoms with Gasteiger partial charge in [-0.25, -0.2) is 0 Å². The molecule has 11 aromatic carbocycles. The van der Waals surface area contributed by atoms with Gasteiger partial charge in [0.1, 0.15) is 0 Å². The first-order chi connectivity index (χ1) is 37.6. The third-order valence-corrected chi connectivity index (χ3v) is 18.7. The quantitative estimate of drug-likeness (QED) is 0.164. The molecule has 0 fully saturated rings. The number of anilines is 4. The van der Waals surface area contributed by atoms with Crippen molar-refractivity contribution in [1.29, 1.82) is 0 Å². The van der Waals surface area contributed by atoms with E-state index in [2.05, 4.69) is 254 Å². The van der Waals surface area contributed by atoms with E-state index in [1.54, 1.807) is 0 Å². The summed E-state index contributed by atoms with van der Waals surface area (Å²) in [4.78, 5) is 5.14. The van der Waals surface area contributed by atoms with E-state index in [4.69, 9.17) is 0 Å². The zero-order valence-electron chi connectivity index (χ0n) is 42.7. The predicted octanol–water partition coefficient (Wildman–Crippen LogP) is 17.8. The second-order valence-electron chi connectivity index (χ2n) is 21.9. The van der Waals surface area contributed by atoms with Crippen molar-refractivity contribution in [2.45, 2.75) is 37.5 Å². The van der Waals surface area contributed by atoms with Gasteiger partial charge >= 0.3 is 0 Å². The second kappa shape index (κ2) is 15.3. The molecular formula is C74H52N2. The van der Waals surface area contributed by atoms with E-state index in [1.807, 2.05) is 0 Å². The van der Waals surface area contributed by atoms with Gasteiger partial charge in [0, 0.05) is 47.0 Å². The lowest BCUT2D eigenvalue weighted by atomic mass is 9.68. The zero-order chi connectivity index (χ0) is 50.0. The minimum absolute atomic E-state index is 0.544. The molecule has 2 heteroatoms. The lowest BCUT2D eigenvalue weighted by Gasteiger charge is -2.33. The van der Waals surface area contributed by atoms with Gasteiger partial charge in [-0.15, -0.1) is 0 Å². The first-order valence-electron chi connectivity index (χ1n) is 27.4. The van der Waals surface area contributed by atoms with Crippen molar-refractivity contribution in [2.24, 2.45) is 0 Å². The highest BCUT2D eigenvalue weighted by Gasteiger charge is 2.56. The molecule has 17 rings (SSSR count). The van der Waals surface area contributed by atoms with Crippen molar-refractivity contribution in [3.05, 3.63) is 297 Å². The number of benzene rings is 11. The molecule has 11 aromatic rings. The monoisotopic (exact) mass is 968 g/mol. The van der Waals surface area contributed by atoms with Gasteiger partial charge < -0.3 is 9.80 Å². The van der Waals surface area contributed by atoms with E-state index in [0.29, 0.717) is 0 Å². The van der Waals surface area contributed by atoms with Crippen molar-refractivity contribution in [3.63, 3.8) is 0 Å². The average Bonchev–Trinajstić information content (AvgIpc) is 4.46. The van der Waals surface area contributed by atoms with E-state index in [9.17, 15) is 0 Å². The highest BCUT2D eigenvalue weighted by Crippen LogP contribution is 2.69. The maximum atomic E-state index is 2.66. The number of fused-ring (bicyclic) bond motifs is 26. The van der Waals surface area contributed by atoms with Crippen LogP contribution >= 0.6 is 0 Å². The molecule has 0 N–H and O–H groups in total. The summed E-state index contributed by atoms with van der Waals surface area (Å²) < 4.78 is 0. The lowest BCUT2D eigenvalue weighted by molar-refractivity contribution is 0.782. The maximum Gasteiger partial charge on any atom is 0.0726 e. The smallest absolute Gasteiger partial charge is 0.0726 e. The molecule has 0 radical (unpaired) electrons. The molecular weight excluding hydrogens is 917 g/mol. The standard InChI is InChI=1S/C74H52N2/c1-3-75(69-33-17-21-47-39-45-19-5-7-23-51(45)71(47)69)49-35-37-57-59-43-68-60(44-67(59)73(65(57)41-49)61-29-13-9-25-53(61)54-26-10-14-30-62(54)73)58-38-36-50(76(4-2)70-34-18-22-48-40-46-20-6-8-24-52(46)72(48)70)42-66(58)74(68)63-31-15-11-27-55(63)56-28-12-16-32-64(56)74/h5-38,41-44H,3-4,39-40H2,1-2H3. The van der Waals surface area contributed by atoms with Crippen molar-refractivity contribution in [2.75, 3.05) is 22.9 Å². The van der Waals surface area contributed by atoms with Gasteiger partial charge in [-0.2, -0.15) is 0 Å². The fraction of sp³-hybridized carbons (Fsp3) is 0.108. The summed E-state index contributed by atoms with van der Waals surface area (Å²) in [5.74, 6) is 0. The number of rotatable bonds is 6. The Bertz CT molecular complexity index is 3990. The van der Waals surface area contributed by atoms with Crippen LogP contribution < -0.4 is 9.80 Å². The molecule has 2 nitrogen and oxygen atoms in total. The largest absolute Gasteiger partial charge is 0.341 e. The number of hydrogen-bond donors (Lipinski definition) is 0. The fourth-order valence-electron chi connectivity index (χ4n) is 15.8. The molecule has 2 spiro atoms. The van der Waals surface area contributed by atoms with Crippen LogP contribution in [0, 0.1) is 0 Å². The first-order valence-corrected chi connectivity index (χ1v) is 27.4. The van der Waals surface area contributed by atoms with Crippen LogP contribution in [0.4, 0.5) is 22.7 Å². The van der Waals surface area contributed by atoms with Gasteiger partial charge in [-0.05, 0) is 198 Å². The molecule has 0 bridgehead atoms. The Kier molecular flexibility index (Phi) is 8.54. The SMILES string of the molecule is CCN(c1ccc2c(c1)C1(c3ccccc3-c3ccccc31)c1cc3c(cc1-2)C1(c2ccccc2-c2ccccc21)c1cc(N(CC)c2cccc4c2-c2ccccc2C4)ccc1-3)c1cccc2c1-c1ccccc1C2. The molecule has 0 atom stereocenters. The highest BCUT2D eigenvalue weighted by atomic mass is 15.1. The van der Waals surface area contributed by atoms with Crippen LogP contribution in [0.2, 0.25) is 0 Å². The molecule has 0 saturated heterocycles. The Hall–Kier alpha value is -8.98. The lowest BCUT2D eigenvalue weighted by Crippen LogP contribution is -2.28. The van der Waals surface area contributed by atoms with Gasteiger partial charge in [0.25, 0.3) is 0 Å². The summed E-state index contributed by atoms with van der Waals surface area (Å²) in [6.45, 7) is 6.31. The van der Waals surface area contributed by atoms with Crippen molar-refractivity contribution >= 4 is 22.7 Å². The Morgan fingerprint density at radius 3 is 0.974 bits per heavy atom. The van der Waals surface area contributed by atoms with Crippen molar-refractivity contribution in [3.8, 4) is 66.8 Å². The third-order valence-electron chi connectivity index (χ3n) is 18.7. The van der Waals surface area contributed by atoms with Crippen molar-refractivity contribution in [1.82, 2.24) is 0 Å². The fourth-order valence-corrected chi connectivity index (χ4v) is 15.8. The van der Waals surface area contributed by atoms with E-state index < -0.39 is 10.8 Å². The molecule has 76 heavy (non-hydrogen) atoms. The number of hydrogen-bond acceptors (Lipinski definition) is 2. The van der Waals surface area contributed by atoms with Crippen molar-refractivity contribution < 1.29 is 0 Å². The van der Waals surface area contributed by atoms with Gasteiger partial charge in [-0.3, -0.25) is 0 Å². The molecule has 6 aliphatic carbocycles. The summed E-state index contributed by atoms with van der Waals surface area (Å²) in [5, 5.41) is 0. The first kappa shape index (κ1) is 42.4. The molecule has 358 valence electrons. The summed E-state index contributed by atoms with van der Waals surface area (Å²) in [6, 6.07) is 89.3. The van der Waals surface area contributed by atoms with Gasteiger partial charge in [-0.1, -0.05) is 182 Å². The Morgan fingerprint density at radius 1 is 0.276 bits per heavy atom. The Balaban J connectivity index is 0.928. The van der Waals surface area contributed by atoms with E-state index in [0.717, 1.165) is 25.9 Å². The van der Waals surface area contributed by atoms with Crippen LogP contribution in [0.15, 0.2) is 231 Å². The van der Waals surface area contributed by atoms with E-state index in [1.165, 1.54) is 156 Å². The summed E-state index contributed by atoms with van der Waals surface area (Å²) >= 11 is 0. The average molecular weight is 969 g/mol. The number of nitrogens with zero attached hydrogens (tertiary/aromatic N) is 2. The maximum absolute atomic E-state index is 2.66. The van der Waals surface area contributed by atoms with E-state index >= 15 is 0 Å². The van der Waals surface area contributed by atoms with E-state index in [-0.39, 0.29) is 0 Å². The molecule has 6 aliphatic rings. The molecule has 0 aromatic heterocycles. The molecule has 0 unspecified atom stereocenters. The minimum atomic E-state index is -0.544. The van der Waals surface area contributed by atoms with Crippen LogP contribution in [0.5, 0.6) is 0 Å². The van der Waals surface area contributed by atoms with Crippen LogP contribution in [0.25, 0.3) is 66.8 Å². The predicted molar refractivity (Wildman–Crippen MR) is 314 cm³/mol. The van der Waals surface area contributed by atoms with Crippen LogP contribution in [0.3, 0.4) is 0 Å². The summed E-state index contributed by atoms with van der Waals surface area (Å²) in [7, 11) is 0. The summed E-state index contributed by atoms with van der Waals surface area (Å²) in [5.41, 5.74) is 36.5. The molecule has 0 heterocycles. The molecule has 0 aliphatic heterocycles. The molecule has 0 amide bonds. The minimum Gasteiger partial charge on any atom is -0.341 e. The second-order valence-corrected chi connectivity index (χ2v) is 21.9.